The number of amides is 2. The Hall–Kier alpha value is -1.06. The van der Waals surface area contributed by atoms with Gasteiger partial charge in [0.05, 0.1) is 0 Å². The number of hydrogen-bond acceptors (Lipinski definition) is 2. The molecule has 0 rings (SSSR count). The quantitative estimate of drug-likeness (QED) is 0.724. The van der Waals surface area contributed by atoms with Crippen molar-refractivity contribution in [2.24, 2.45) is 5.73 Å². The summed E-state index contributed by atoms with van der Waals surface area (Å²) in [6, 6.07) is 0.400. The van der Waals surface area contributed by atoms with Gasteiger partial charge in [-0.15, -0.1) is 0 Å². The van der Waals surface area contributed by atoms with Gasteiger partial charge >= 0.3 is 0 Å². The Morgan fingerprint density at radius 1 is 1.07 bits per heavy atom. The van der Waals surface area contributed by atoms with Gasteiger partial charge in [0, 0.05) is 24.9 Å². The first-order chi connectivity index (χ1) is 6.86. The molecule has 0 heterocycles. The molecule has 0 aliphatic carbocycles. The van der Waals surface area contributed by atoms with E-state index in [2.05, 4.69) is 0 Å². The van der Waals surface area contributed by atoms with Crippen molar-refractivity contribution in [2.75, 3.05) is 0 Å². The molecule has 0 aliphatic rings. The Kier molecular flexibility index (Phi) is 5.97. The zero-order valence-electron chi connectivity index (χ0n) is 10.1. The molecule has 0 spiro atoms. The molecule has 2 N–H and O–H groups in total. The van der Waals surface area contributed by atoms with Crippen LogP contribution in [0.15, 0.2) is 0 Å². The summed E-state index contributed by atoms with van der Waals surface area (Å²) in [7, 11) is 0. The molecule has 4 heteroatoms. The Labute approximate surface area is 91.8 Å². The topological polar surface area (TPSA) is 63.4 Å². The molecule has 0 saturated heterocycles. The zero-order chi connectivity index (χ0) is 12.0. The van der Waals surface area contributed by atoms with Gasteiger partial charge in [0.15, 0.2) is 0 Å². The summed E-state index contributed by atoms with van der Waals surface area (Å²) in [4.78, 5) is 24.1. The average Bonchev–Trinajstić information content (AvgIpc) is 2.01. The number of nitrogens with zero attached hydrogens (tertiary/aromatic N) is 1. The molecular formula is C11H22N2O2. The fourth-order valence-corrected chi connectivity index (χ4v) is 1.72. The van der Waals surface area contributed by atoms with Gasteiger partial charge < -0.3 is 10.6 Å². The van der Waals surface area contributed by atoms with E-state index in [0.29, 0.717) is 12.8 Å². The lowest BCUT2D eigenvalue weighted by Gasteiger charge is -2.30. The Morgan fingerprint density at radius 2 is 1.53 bits per heavy atom. The van der Waals surface area contributed by atoms with Crippen LogP contribution in [0.2, 0.25) is 0 Å². The third-order valence-electron chi connectivity index (χ3n) is 2.21. The lowest BCUT2D eigenvalue weighted by atomic mass is 10.1. The normalized spacial score (nSPS) is 10.8. The smallest absolute Gasteiger partial charge is 0.223 e. The van der Waals surface area contributed by atoms with Crippen LogP contribution in [-0.4, -0.2) is 28.8 Å². The number of carbonyl (C=O) groups excluding carboxylic acids is 2. The van der Waals surface area contributed by atoms with Crippen molar-refractivity contribution in [3.05, 3.63) is 0 Å². The lowest BCUT2D eigenvalue weighted by molar-refractivity contribution is -0.134. The van der Waals surface area contributed by atoms with Crippen LogP contribution in [0.25, 0.3) is 0 Å². The minimum Gasteiger partial charge on any atom is -0.370 e. The second-order valence-electron chi connectivity index (χ2n) is 4.31. The van der Waals surface area contributed by atoms with E-state index >= 15 is 0 Å². The second kappa shape index (κ2) is 6.43. The largest absolute Gasteiger partial charge is 0.370 e. The fraction of sp³-hybridized carbons (Fsp3) is 0.818. The van der Waals surface area contributed by atoms with Gasteiger partial charge in [-0.05, 0) is 34.1 Å². The molecule has 0 aromatic rings. The van der Waals surface area contributed by atoms with Crippen LogP contribution in [0.3, 0.4) is 0 Å². The number of nitrogens with two attached hydrogens (primary N) is 1. The van der Waals surface area contributed by atoms with Gasteiger partial charge in [0.25, 0.3) is 0 Å². The SMILES string of the molecule is CC(C)N(C(=O)CCCC(N)=O)C(C)C. The first kappa shape index (κ1) is 13.9. The van der Waals surface area contributed by atoms with Crippen LogP contribution in [0.1, 0.15) is 47.0 Å². The van der Waals surface area contributed by atoms with E-state index in [-0.39, 0.29) is 30.3 Å². The monoisotopic (exact) mass is 214 g/mol. The molecule has 0 aliphatic heterocycles. The minimum absolute atomic E-state index is 0.0984. The summed E-state index contributed by atoms with van der Waals surface area (Å²) >= 11 is 0. The van der Waals surface area contributed by atoms with Crippen molar-refractivity contribution in [3.8, 4) is 0 Å². The maximum Gasteiger partial charge on any atom is 0.223 e. The first-order valence-electron chi connectivity index (χ1n) is 5.45. The van der Waals surface area contributed by atoms with Crippen LogP contribution >= 0.6 is 0 Å². The average molecular weight is 214 g/mol. The van der Waals surface area contributed by atoms with Crippen molar-refractivity contribution in [3.63, 3.8) is 0 Å². The number of rotatable bonds is 6. The summed E-state index contributed by atoms with van der Waals surface area (Å²) in [6.45, 7) is 7.97. The number of carbonyl (C=O) groups is 2. The standard InChI is InChI=1S/C11H22N2O2/c1-8(2)13(9(3)4)11(15)7-5-6-10(12)14/h8-9H,5-7H2,1-4H3,(H2,12,14). The molecule has 0 bridgehead atoms. The van der Waals surface area contributed by atoms with Crippen LogP contribution in [-0.2, 0) is 9.59 Å². The highest BCUT2D eigenvalue weighted by molar-refractivity contribution is 5.78. The van der Waals surface area contributed by atoms with Gasteiger partial charge in [0.1, 0.15) is 0 Å². The highest BCUT2D eigenvalue weighted by Crippen LogP contribution is 2.09. The molecule has 88 valence electrons. The molecule has 2 amide bonds. The maximum atomic E-state index is 11.8. The molecule has 0 saturated carbocycles. The molecule has 0 atom stereocenters. The molecule has 0 aromatic heterocycles. The minimum atomic E-state index is -0.344. The van der Waals surface area contributed by atoms with Crippen LogP contribution in [0.5, 0.6) is 0 Å². The van der Waals surface area contributed by atoms with Crippen LogP contribution < -0.4 is 5.73 Å². The molecule has 15 heavy (non-hydrogen) atoms. The highest BCUT2D eigenvalue weighted by Gasteiger charge is 2.19. The second-order valence-corrected chi connectivity index (χ2v) is 4.31. The summed E-state index contributed by atoms with van der Waals surface area (Å²) in [5.41, 5.74) is 5.01. The fourth-order valence-electron chi connectivity index (χ4n) is 1.72. The van der Waals surface area contributed by atoms with E-state index in [0.717, 1.165) is 0 Å². The Bertz CT molecular complexity index is 217. The maximum absolute atomic E-state index is 11.8. The summed E-state index contributed by atoms with van der Waals surface area (Å²) in [6.07, 6.45) is 1.24. The van der Waals surface area contributed by atoms with Gasteiger partial charge in [-0.1, -0.05) is 0 Å². The van der Waals surface area contributed by atoms with Gasteiger partial charge in [-0.2, -0.15) is 0 Å². The molecule has 0 fully saturated rings. The summed E-state index contributed by atoms with van der Waals surface area (Å²) in [5, 5.41) is 0. The molecule has 4 nitrogen and oxygen atoms in total. The van der Waals surface area contributed by atoms with Crippen molar-refractivity contribution < 1.29 is 9.59 Å². The molecule has 0 unspecified atom stereocenters. The van der Waals surface area contributed by atoms with E-state index in [1.54, 1.807) is 0 Å². The third kappa shape index (κ3) is 5.40. The van der Waals surface area contributed by atoms with Crippen LogP contribution in [0, 0.1) is 0 Å². The van der Waals surface area contributed by atoms with E-state index in [9.17, 15) is 9.59 Å². The van der Waals surface area contributed by atoms with Gasteiger partial charge in [-0.25, -0.2) is 0 Å². The predicted molar refractivity (Wildman–Crippen MR) is 60.2 cm³/mol. The van der Waals surface area contributed by atoms with Crippen molar-refractivity contribution in [1.29, 1.82) is 0 Å². The van der Waals surface area contributed by atoms with E-state index < -0.39 is 0 Å². The van der Waals surface area contributed by atoms with E-state index in [4.69, 9.17) is 5.73 Å². The van der Waals surface area contributed by atoms with E-state index in [1.807, 2.05) is 32.6 Å². The van der Waals surface area contributed by atoms with Crippen molar-refractivity contribution >= 4 is 11.8 Å². The number of hydrogen-bond donors (Lipinski definition) is 1. The van der Waals surface area contributed by atoms with Crippen molar-refractivity contribution in [2.45, 2.75) is 59.0 Å². The highest BCUT2D eigenvalue weighted by atomic mass is 16.2. The zero-order valence-corrected chi connectivity index (χ0v) is 10.1. The molecular weight excluding hydrogens is 192 g/mol. The molecule has 0 radical (unpaired) electrons. The summed E-state index contributed by atoms with van der Waals surface area (Å²) in [5.74, 6) is -0.246. The van der Waals surface area contributed by atoms with Crippen molar-refractivity contribution in [1.82, 2.24) is 4.90 Å². The Balaban J connectivity index is 4.10. The van der Waals surface area contributed by atoms with Gasteiger partial charge in [-0.3, -0.25) is 9.59 Å². The Morgan fingerprint density at radius 3 is 1.87 bits per heavy atom. The van der Waals surface area contributed by atoms with Crippen LogP contribution in [0.4, 0.5) is 0 Å². The van der Waals surface area contributed by atoms with E-state index in [1.165, 1.54) is 0 Å². The predicted octanol–water partition coefficient (Wildman–Crippen LogP) is 1.29. The summed E-state index contributed by atoms with van der Waals surface area (Å²) < 4.78 is 0. The number of primary amides is 1. The lowest BCUT2D eigenvalue weighted by Crippen LogP contribution is -2.41. The first-order valence-corrected chi connectivity index (χ1v) is 5.45. The van der Waals surface area contributed by atoms with Gasteiger partial charge in [0.2, 0.25) is 11.8 Å². The molecule has 0 aromatic carbocycles. The third-order valence-corrected chi connectivity index (χ3v) is 2.21.